The quantitative estimate of drug-likeness (QED) is 0.197. The number of aromatic nitrogens is 1. The van der Waals surface area contributed by atoms with Crippen molar-refractivity contribution in [2.24, 2.45) is 0 Å². The van der Waals surface area contributed by atoms with Crippen LogP contribution in [0.2, 0.25) is 5.02 Å². The molecule has 1 heterocycles. The molecule has 1 aliphatic rings. The molecule has 0 spiro atoms. The minimum absolute atomic E-state index is 0.0135. The Labute approximate surface area is 237 Å². The molecule has 18 heteroatoms. The maximum Gasteiger partial charge on any atom is 0.437 e. The van der Waals surface area contributed by atoms with Crippen molar-refractivity contribution in [1.82, 2.24) is 9.88 Å². The number of hydrogen-bond donors (Lipinski definition) is 3. The normalized spacial score (nSPS) is 15.7. The topological polar surface area (TPSA) is 93.7 Å². The molecule has 3 N–H and O–H groups in total. The second-order valence-electron chi connectivity index (χ2n) is 8.81. The van der Waals surface area contributed by atoms with E-state index in [1.807, 2.05) is 6.07 Å². The Hall–Kier alpha value is -3.26. The van der Waals surface area contributed by atoms with Crippen LogP contribution in [0.1, 0.15) is 34.5 Å². The summed E-state index contributed by atoms with van der Waals surface area (Å²) in [6, 6.07) is 5.45. The highest BCUT2D eigenvalue weighted by molar-refractivity contribution is 9.10. The highest BCUT2D eigenvalue weighted by Crippen LogP contribution is 2.55. The molecule has 1 saturated carbocycles. The van der Waals surface area contributed by atoms with Crippen LogP contribution in [0.25, 0.3) is 5.57 Å². The summed E-state index contributed by atoms with van der Waals surface area (Å²) in [5.74, 6) is -1.82. The van der Waals surface area contributed by atoms with Crippen LogP contribution < -0.4 is 10.6 Å². The number of nitrogens with one attached hydrogen (secondary N) is 3. The molecule has 0 atom stereocenters. The van der Waals surface area contributed by atoms with Gasteiger partial charge in [0, 0.05) is 18.0 Å². The smallest absolute Gasteiger partial charge is 0.346 e. The van der Waals surface area contributed by atoms with E-state index in [0.29, 0.717) is 19.1 Å². The summed E-state index contributed by atoms with van der Waals surface area (Å²) >= 11 is 8.63. The first-order chi connectivity index (χ1) is 18.7. The number of anilines is 1. The molecule has 0 saturated heterocycles. The third-order valence-corrected chi connectivity index (χ3v) is 6.84. The molecule has 2 aromatic rings. The average Bonchev–Trinajstić information content (AvgIpc) is 3.55. The van der Waals surface area contributed by atoms with E-state index >= 15 is 0 Å². The molecular formula is C23H15BrClF10N5O. The maximum atomic E-state index is 14.8. The molecule has 0 aliphatic heterocycles. The second kappa shape index (κ2) is 10.9. The van der Waals surface area contributed by atoms with Crippen molar-refractivity contribution in [3.63, 3.8) is 0 Å². The van der Waals surface area contributed by atoms with Gasteiger partial charge in [-0.1, -0.05) is 17.7 Å². The Morgan fingerprint density at radius 3 is 2.15 bits per heavy atom. The molecule has 0 radical (unpaired) electrons. The summed E-state index contributed by atoms with van der Waals surface area (Å²) in [5, 5.41) is 21.3. The van der Waals surface area contributed by atoms with Crippen molar-refractivity contribution in [3.05, 3.63) is 56.8 Å². The van der Waals surface area contributed by atoms with Crippen LogP contribution in [0.4, 0.5) is 49.7 Å². The van der Waals surface area contributed by atoms with Gasteiger partial charge in [0.2, 0.25) is 0 Å². The number of halogens is 12. The summed E-state index contributed by atoms with van der Waals surface area (Å²) in [6.45, 7) is -2.45. The van der Waals surface area contributed by atoms with Gasteiger partial charge in [0.1, 0.15) is 17.9 Å². The number of rotatable bonds is 8. The molecule has 1 aromatic carbocycles. The van der Waals surface area contributed by atoms with Crippen LogP contribution in [0.5, 0.6) is 0 Å². The largest absolute Gasteiger partial charge is 0.437 e. The molecule has 3 rings (SSSR count). The van der Waals surface area contributed by atoms with E-state index in [-0.39, 0.29) is 27.8 Å². The first-order valence-electron chi connectivity index (χ1n) is 11.0. The third-order valence-electron chi connectivity index (χ3n) is 5.90. The third kappa shape index (κ3) is 6.48. The van der Waals surface area contributed by atoms with Crippen LogP contribution in [0.15, 0.2) is 34.9 Å². The van der Waals surface area contributed by atoms with E-state index < -0.39 is 62.7 Å². The van der Waals surface area contributed by atoms with Crippen LogP contribution in [0.3, 0.4) is 0 Å². The molecule has 1 amide bonds. The molecule has 1 aliphatic carbocycles. The van der Waals surface area contributed by atoms with E-state index in [0.717, 1.165) is 12.3 Å². The van der Waals surface area contributed by atoms with E-state index in [1.165, 1.54) is 12.1 Å². The first-order valence-corrected chi connectivity index (χ1v) is 12.2. The van der Waals surface area contributed by atoms with E-state index in [2.05, 4.69) is 26.6 Å². The number of benzene rings is 1. The average molecular weight is 683 g/mol. The van der Waals surface area contributed by atoms with Gasteiger partial charge in [0.05, 0.1) is 26.8 Å². The molecule has 1 aromatic heterocycles. The van der Waals surface area contributed by atoms with Crippen LogP contribution >= 0.6 is 27.5 Å². The SMILES string of the molecule is N#CC1(NC(=O)c2cc(/C(C=N)=C/Nc3c(Br)cc(C(F)(C(F)(F)F)C(F)(F)F)n3CC(F)(F)F)ccc2Cl)CC1. The van der Waals surface area contributed by atoms with Gasteiger partial charge in [0.25, 0.3) is 5.91 Å². The van der Waals surface area contributed by atoms with Crippen molar-refractivity contribution in [2.45, 2.75) is 49.1 Å². The Kier molecular flexibility index (Phi) is 8.54. The van der Waals surface area contributed by atoms with Gasteiger partial charge < -0.3 is 20.6 Å². The molecular weight excluding hydrogens is 668 g/mol. The fourth-order valence-electron chi connectivity index (χ4n) is 3.65. The summed E-state index contributed by atoms with van der Waals surface area (Å²) < 4.78 is 133. The lowest BCUT2D eigenvalue weighted by Gasteiger charge is -2.31. The Morgan fingerprint density at radius 1 is 1.10 bits per heavy atom. The lowest BCUT2D eigenvalue weighted by Crippen LogP contribution is -2.51. The van der Waals surface area contributed by atoms with Gasteiger partial charge in [-0.3, -0.25) is 4.79 Å². The Morgan fingerprint density at radius 2 is 1.68 bits per heavy atom. The fourth-order valence-corrected chi connectivity index (χ4v) is 4.40. The first kappa shape index (κ1) is 32.3. The number of alkyl halides is 10. The molecule has 6 nitrogen and oxygen atoms in total. The zero-order valence-corrected chi connectivity index (χ0v) is 22.3. The minimum Gasteiger partial charge on any atom is -0.346 e. The Bertz CT molecular complexity index is 1420. The number of allylic oxidation sites excluding steroid dienone is 1. The second-order valence-corrected chi connectivity index (χ2v) is 10.1. The van der Waals surface area contributed by atoms with Crippen molar-refractivity contribution >= 4 is 51.0 Å². The highest BCUT2D eigenvalue weighted by atomic mass is 79.9. The van der Waals surface area contributed by atoms with Gasteiger partial charge in [-0.15, -0.1) is 0 Å². The summed E-state index contributed by atoms with van der Waals surface area (Å²) in [7, 11) is 0. The summed E-state index contributed by atoms with van der Waals surface area (Å²) in [4.78, 5) is 12.6. The van der Waals surface area contributed by atoms with Gasteiger partial charge in [-0.2, -0.15) is 44.8 Å². The van der Waals surface area contributed by atoms with Crippen molar-refractivity contribution in [2.75, 3.05) is 5.32 Å². The molecule has 222 valence electrons. The van der Waals surface area contributed by atoms with Gasteiger partial charge in [-0.05, 0) is 52.5 Å². The van der Waals surface area contributed by atoms with Crippen molar-refractivity contribution < 1.29 is 48.7 Å². The monoisotopic (exact) mass is 681 g/mol. The van der Waals surface area contributed by atoms with E-state index in [1.54, 1.807) is 0 Å². The molecule has 0 unspecified atom stereocenters. The predicted molar refractivity (Wildman–Crippen MR) is 130 cm³/mol. The van der Waals surface area contributed by atoms with Crippen LogP contribution in [0, 0.1) is 16.7 Å². The summed E-state index contributed by atoms with van der Waals surface area (Å²) in [5.41, 5.74) is -10.0. The number of carbonyl (C=O) groups is 1. The fraction of sp³-hybridized carbons (Fsp3) is 0.348. The zero-order valence-electron chi connectivity index (χ0n) is 19.9. The number of carbonyl (C=O) groups excluding carboxylic acids is 1. The van der Waals surface area contributed by atoms with Gasteiger partial charge in [0.15, 0.2) is 0 Å². The van der Waals surface area contributed by atoms with E-state index in [4.69, 9.17) is 22.3 Å². The Balaban J connectivity index is 2.09. The van der Waals surface area contributed by atoms with Crippen molar-refractivity contribution in [3.8, 4) is 6.07 Å². The molecule has 41 heavy (non-hydrogen) atoms. The van der Waals surface area contributed by atoms with Crippen molar-refractivity contribution in [1.29, 1.82) is 10.7 Å². The van der Waals surface area contributed by atoms with Gasteiger partial charge >= 0.3 is 24.2 Å². The number of nitriles is 1. The van der Waals surface area contributed by atoms with Crippen LogP contribution in [-0.2, 0) is 12.2 Å². The van der Waals surface area contributed by atoms with Gasteiger partial charge in [-0.25, -0.2) is 4.39 Å². The minimum atomic E-state index is -6.69. The molecule has 0 bridgehead atoms. The van der Waals surface area contributed by atoms with Crippen LogP contribution in [-0.4, -0.2) is 40.8 Å². The maximum absolute atomic E-state index is 14.8. The lowest BCUT2D eigenvalue weighted by atomic mass is 10.0. The van der Waals surface area contributed by atoms with E-state index in [9.17, 15) is 48.7 Å². The summed E-state index contributed by atoms with van der Waals surface area (Å²) in [6.07, 6.45) is -16.6. The highest BCUT2D eigenvalue weighted by Gasteiger charge is 2.75. The zero-order chi connectivity index (χ0) is 31.2. The molecule has 1 fully saturated rings. The predicted octanol–water partition coefficient (Wildman–Crippen LogP) is 7.64. The lowest BCUT2D eigenvalue weighted by molar-refractivity contribution is -0.351. The number of nitrogens with zero attached hydrogens (tertiary/aromatic N) is 2. The number of amides is 1. The number of hydrogen-bond acceptors (Lipinski definition) is 4. The standard InChI is InChI=1S/C23H15BrClF10N5O/c24-14-6-16(21(29,22(30,31)32)23(33,34)35)40(10-20(26,27)28)17(14)38-8-12(7-36)11-1-2-15(25)13(5-11)18(41)39-19(9-37)3-4-19/h1-2,5-8,36,38H,3-4,10H2,(H,39,41)/b12-8+,36-7?.